The Hall–Kier alpha value is -2.33. The molecule has 5 heteroatoms. The molecule has 0 aromatic heterocycles. The van der Waals surface area contributed by atoms with E-state index in [1.165, 1.54) is 0 Å². The summed E-state index contributed by atoms with van der Waals surface area (Å²) < 4.78 is 5.34. The minimum absolute atomic E-state index is 0.0804. The largest absolute Gasteiger partial charge is 0.494 e. The highest BCUT2D eigenvalue weighted by Gasteiger charge is 2.11. The number of halogens is 1. The topological polar surface area (TPSA) is 55.4 Å². The van der Waals surface area contributed by atoms with Crippen molar-refractivity contribution in [2.75, 3.05) is 11.9 Å². The molecule has 1 amide bonds. The molecule has 0 unspecified atom stereocenters. The fraction of sp³-hybridized carbons (Fsp3) is 0.263. The third kappa shape index (κ3) is 5.10. The van der Waals surface area contributed by atoms with E-state index < -0.39 is 0 Å². The molecule has 0 bridgehead atoms. The van der Waals surface area contributed by atoms with Crippen LogP contribution in [0.1, 0.15) is 35.7 Å². The maximum atomic E-state index is 12.1. The van der Waals surface area contributed by atoms with E-state index in [1.54, 1.807) is 36.4 Å². The highest BCUT2D eigenvalue weighted by atomic mass is 35.5. The summed E-state index contributed by atoms with van der Waals surface area (Å²) in [5.74, 6) is 0.407. The highest BCUT2D eigenvalue weighted by molar-refractivity contribution is 6.33. The van der Waals surface area contributed by atoms with E-state index in [4.69, 9.17) is 16.3 Å². The summed E-state index contributed by atoms with van der Waals surface area (Å²) in [6.07, 6.45) is 0.250. The zero-order valence-electron chi connectivity index (χ0n) is 13.8. The minimum atomic E-state index is -0.236. The van der Waals surface area contributed by atoms with Crippen molar-refractivity contribution in [3.05, 3.63) is 58.6 Å². The van der Waals surface area contributed by atoms with Crippen molar-refractivity contribution in [1.29, 1.82) is 0 Å². The lowest BCUT2D eigenvalue weighted by Crippen LogP contribution is -2.13. The quantitative estimate of drug-likeness (QED) is 0.743. The first kappa shape index (κ1) is 18.0. The number of ether oxygens (including phenoxy) is 1. The molecule has 1 N–H and O–H groups in total. The fourth-order valence-corrected chi connectivity index (χ4v) is 2.49. The van der Waals surface area contributed by atoms with E-state index in [1.807, 2.05) is 19.9 Å². The maximum Gasteiger partial charge on any atom is 0.224 e. The molecule has 2 aromatic rings. The van der Waals surface area contributed by atoms with E-state index in [0.717, 1.165) is 11.3 Å². The summed E-state index contributed by atoms with van der Waals surface area (Å²) >= 11 is 6.08. The molecule has 0 aliphatic rings. The number of rotatable bonds is 7. The SMILES string of the molecule is CCOc1ccc(C(=O)CCC(=O)Nc2ccc(C)cc2Cl)cc1. The average Bonchev–Trinajstić information content (AvgIpc) is 2.56. The van der Waals surface area contributed by atoms with Crippen LogP contribution >= 0.6 is 11.6 Å². The first-order valence-corrected chi connectivity index (χ1v) is 8.19. The summed E-state index contributed by atoms with van der Waals surface area (Å²) in [6.45, 7) is 4.40. The molecule has 0 aliphatic heterocycles. The number of benzene rings is 2. The van der Waals surface area contributed by atoms with Gasteiger partial charge >= 0.3 is 0 Å². The van der Waals surface area contributed by atoms with E-state index in [0.29, 0.717) is 22.9 Å². The summed E-state index contributed by atoms with van der Waals surface area (Å²) in [5.41, 5.74) is 2.14. The van der Waals surface area contributed by atoms with Crippen LogP contribution in [-0.4, -0.2) is 18.3 Å². The van der Waals surface area contributed by atoms with Gasteiger partial charge in [-0.15, -0.1) is 0 Å². The van der Waals surface area contributed by atoms with E-state index in [-0.39, 0.29) is 24.5 Å². The molecule has 0 atom stereocenters. The van der Waals surface area contributed by atoms with Gasteiger partial charge in [-0.25, -0.2) is 0 Å². The van der Waals surface area contributed by atoms with Gasteiger partial charge in [-0.1, -0.05) is 17.7 Å². The van der Waals surface area contributed by atoms with Gasteiger partial charge in [-0.05, 0) is 55.8 Å². The molecule has 0 spiro atoms. The summed E-state index contributed by atoms with van der Waals surface area (Å²) in [4.78, 5) is 24.1. The number of carbonyl (C=O) groups excluding carboxylic acids is 2. The number of Topliss-reactive ketones (excluding diaryl/α,β-unsaturated/α-hetero) is 1. The van der Waals surface area contributed by atoms with Gasteiger partial charge < -0.3 is 10.1 Å². The zero-order chi connectivity index (χ0) is 17.5. The van der Waals surface area contributed by atoms with Gasteiger partial charge in [0.25, 0.3) is 0 Å². The van der Waals surface area contributed by atoms with Crippen molar-refractivity contribution in [2.45, 2.75) is 26.7 Å². The Balaban J connectivity index is 1.87. The van der Waals surface area contributed by atoms with Crippen molar-refractivity contribution in [1.82, 2.24) is 0 Å². The van der Waals surface area contributed by atoms with Crippen LogP contribution < -0.4 is 10.1 Å². The number of ketones is 1. The second-order valence-corrected chi connectivity index (χ2v) is 5.82. The van der Waals surface area contributed by atoms with Crippen LogP contribution in [0.5, 0.6) is 5.75 Å². The second-order valence-electron chi connectivity index (χ2n) is 5.41. The number of carbonyl (C=O) groups is 2. The Bertz CT molecular complexity index is 726. The Labute approximate surface area is 146 Å². The Morgan fingerprint density at radius 3 is 2.42 bits per heavy atom. The number of aryl methyl sites for hydroxylation is 1. The third-order valence-electron chi connectivity index (χ3n) is 3.47. The predicted molar refractivity (Wildman–Crippen MR) is 96.0 cm³/mol. The smallest absolute Gasteiger partial charge is 0.224 e. The molecule has 4 nitrogen and oxygen atoms in total. The van der Waals surface area contributed by atoms with Crippen molar-refractivity contribution in [3.8, 4) is 5.75 Å². The predicted octanol–water partition coefficient (Wildman–Crippen LogP) is 4.65. The molecule has 0 saturated heterocycles. The molecule has 2 rings (SSSR count). The van der Waals surface area contributed by atoms with Gasteiger partial charge in [-0.2, -0.15) is 0 Å². The van der Waals surface area contributed by atoms with Crippen LogP contribution in [0.3, 0.4) is 0 Å². The van der Waals surface area contributed by atoms with Gasteiger partial charge in [0.1, 0.15) is 5.75 Å². The van der Waals surface area contributed by atoms with E-state index in [9.17, 15) is 9.59 Å². The number of anilines is 1. The number of hydrogen-bond acceptors (Lipinski definition) is 3. The van der Waals surface area contributed by atoms with Crippen LogP contribution in [0.2, 0.25) is 5.02 Å². The maximum absolute atomic E-state index is 12.1. The lowest BCUT2D eigenvalue weighted by atomic mass is 10.1. The van der Waals surface area contributed by atoms with Crippen LogP contribution in [0.15, 0.2) is 42.5 Å². The molecular weight excluding hydrogens is 326 g/mol. The Morgan fingerprint density at radius 2 is 1.79 bits per heavy atom. The van der Waals surface area contributed by atoms with Crippen LogP contribution in [-0.2, 0) is 4.79 Å². The normalized spacial score (nSPS) is 10.3. The molecule has 0 heterocycles. The molecule has 0 saturated carbocycles. The van der Waals surface area contributed by atoms with Crippen molar-refractivity contribution < 1.29 is 14.3 Å². The van der Waals surface area contributed by atoms with Gasteiger partial charge in [0.2, 0.25) is 5.91 Å². The molecule has 126 valence electrons. The summed E-state index contributed by atoms with van der Waals surface area (Å²) in [5, 5.41) is 3.21. The second kappa shape index (κ2) is 8.50. The monoisotopic (exact) mass is 345 g/mol. The van der Waals surface area contributed by atoms with E-state index in [2.05, 4.69) is 5.32 Å². The first-order valence-electron chi connectivity index (χ1n) is 7.81. The van der Waals surface area contributed by atoms with Gasteiger partial charge in [0.15, 0.2) is 5.78 Å². The van der Waals surface area contributed by atoms with Gasteiger partial charge in [-0.3, -0.25) is 9.59 Å². The Morgan fingerprint density at radius 1 is 1.08 bits per heavy atom. The van der Waals surface area contributed by atoms with Gasteiger partial charge in [0, 0.05) is 18.4 Å². The lowest BCUT2D eigenvalue weighted by Gasteiger charge is -2.08. The molecule has 0 fully saturated rings. The van der Waals surface area contributed by atoms with Crippen molar-refractivity contribution in [3.63, 3.8) is 0 Å². The van der Waals surface area contributed by atoms with Crippen molar-refractivity contribution >= 4 is 29.0 Å². The fourth-order valence-electron chi connectivity index (χ4n) is 2.21. The van der Waals surface area contributed by atoms with Crippen LogP contribution in [0.25, 0.3) is 0 Å². The Kier molecular flexibility index (Phi) is 6.38. The number of nitrogens with one attached hydrogen (secondary N) is 1. The van der Waals surface area contributed by atoms with Gasteiger partial charge in [0.05, 0.1) is 17.3 Å². The molecule has 0 radical (unpaired) electrons. The van der Waals surface area contributed by atoms with Crippen LogP contribution in [0, 0.1) is 6.92 Å². The molecule has 2 aromatic carbocycles. The molecular formula is C19H20ClNO3. The molecule has 24 heavy (non-hydrogen) atoms. The minimum Gasteiger partial charge on any atom is -0.494 e. The number of amides is 1. The summed E-state index contributed by atoms with van der Waals surface area (Å²) in [6, 6.07) is 12.3. The van der Waals surface area contributed by atoms with Crippen molar-refractivity contribution in [2.24, 2.45) is 0 Å². The average molecular weight is 346 g/mol. The van der Waals surface area contributed by atoms with Crippen LogP contribution in [0.4, 0.5) is 5.69 Å². The molecule has 0 aliphatic carbocycles. The zero-order valence-corrected chi connectivity index (χ0v) is 14.5. The lowest BCUT2D eigenvalue weighted by molar-refractivity contribution is -0.116. The highest BCUT2D eigenvalue weighted by Crippen LogP contribution is 2.23. The van der Waals surface area contributed by atoms with E-state index >= 15 is 0 Å². The number of hydrogen-bond donors (Lipinski definition) is 1. The standard InChI is InChI=1S/C19H20ClNO3/c1-3-24-15-7-5-14(6-8-15)18(22)10-11-19(23)21-17-9-4-13(2)12-16(17)20/h4-9,12H,3,10-11H2,1-2H3,(H,21,23). The summed E-state index contributed by atoms with van der Waals surface area (Å²) in [7, 11) is 0. The third-order valence-corrected chi connectivity index (χ3v) is 3.78. The first-order chi connectivity index (χ1) is 11.5.